The summed E-state index contributed by atoms with van der Waals surface area (Å²) in [5.41, 5.74) is 13.5. The maximum atomic E-state index is 2.41. The van der Waals surface area contributed by atoms with Crippen LogP contribution in [-0.4, -0.2) is 9.13 Å². The number of rotatable bonds is 4. The fourth-order valence-electron chi connectivity index (χ4n) is 7.41. The van der Waals surface area contributed by atoms with E-state index in [1.165, 1.54) is 82.8 Å². The van der Waals surface area contributed by atoms with E-state index in [2.05, 4.69) is 194 Å². The Morgan fingerprint density at radius 3 is 1.50 bits per heavy atom. The second-order valence-corrected chi connectivity index (χ2v) is 13.9. The SMILES string of the molecule is CC(C)(C)c1ccc2c(c1)c1cc(-c3ccc4c(c3)c3ccccc3n4-c3cccc(-c4ccccc4)c3)ccc1n2-c1ccccc1. The van der Waals surface area contributed by atoms with Crippen LogP contribution in [0.1, 0.15) is 26.3 Å². The van der Waals surface area contributed by atoms with Gasteiger partial charge in [0.05, 0.1) is 22.1 Å². The molecule has 0 spiro atoms. The Bertz CT molecular complexity index is 2630. The van der Waals surface area contributed by atoms with Crippen LogP contribution >= 0.6 is 0 Å². The van der Waals surface area contributed by atoms with Crippen molar-refractivity contribution in [1.82, 2.24) is 9.13 Å². The second-order valence-electron chi connectivity index (χ2n) is 13.9. The highest BCUT2D eigenvalue weighted by Crippen LogP contribution is 2.39. The summed E-state index contributed by atoms with van der Waals surface area (Å²) in [4.78, 5) is 0. The summed E-state index contributed by atoms with van der Waals surface area (Å²) in [5.74, 6) is 0. The van der Waals surface area contributed by atoms with Crippen LogP contribution in [0.2, 0.25) is 0 Å². The Morgan fingerprint density at radius 1 is 0.333 bits per heavy atom. The first-order valence-electron chi connectivity index (χ1n) is 16.8. The lowest BCUT2D eigenvalue weighted by molar-refractivity contribution is 0.591. The van der Waals surface area contributed by atoms with E-state index >= 15 is 0 Å². The lowest BCUT2D eigenvalue weighted by Gasteiger charge is -2.19. The molecular formula is C46H36N2. The third-order valence-electron chi connectivity index (χ3n) is 9.86. The topological polar surface area (TPSA) is 9.86 Å². The first-order chi connectivity index (χ1) is 23.4. The highest BCUT2D eigenvalue weighted by molar-refractivity contribution is 6.13. The van der Waals surface area contributed by atoms with Gasteiger partial charge in [-0.15, -0.1) is 0 Å². The lowest BCUT2D eigenvalue weighted by atomic mass is 9.86. The smallest absolute Gasteiger partial charge is 0.0541 e. The van der Waals surface area contributed by atoms with Gasteiger partial charge in [-0.2, -0.15) is 0 Å². The quantitative estimate of drug-likeness (QED) is 0.186. The van der Waals surface area contributed by atoms with Gasteiger partial charge in [-0.05, 0) is 100.0 Å². The van der Waals surface area contributed by atoms with E-state index in [0.717, 1.165) is 0 Å². The molecule has 48 heavy (non-hydrogen) atoms. The maximum absolute atomic E-state index is 2.41. The molecule has 9 rings (SSSR count). The van der Waals surface area contributed by atoms with Crippen molar-refractivity contribution in [3.8, 4) is 33.6 Å². The molecule has 0 fully saturated rings. The largest absolute Gasteiger partial charge is 0.309 e. The molecule has 0 saturated heterocycles. The van der Waals surface area contributed by atoms with Crippen LogP contribution < -0.4 is 0 Å². The van der Waals surface area contributed by atoms with Crippen molar-refractivity contribution >= 4 is 43.6 Å². The van der Waals surface area contributed by atoms with E-state index in [1.54, 1.807) is 0 Å². The van der Waals surface area contributed by atoms with Gasteiger partial charge < -0.3 is 9.13 Å². The molecule has 0 amide bonds. The Labute approximate surface area is 281 Å². The summed E-state index contributed by atoms with van der Waals surface area (Å²) in [6.07, 6.45) is 0. The van der Waals surface area contributed by atoms with Crippen LogP contribution in [0.4, 0.5) is 0 Å². The van der Waals surface area contributed by atoms with Crippen molar-refractivity contribution in [2.45, 2.75) is 26.2 Å². The molecule has 0 radical (unpaired) electrons. The zero-order valence-corrected chi connectivity index (χ0v) is 27.5. The second kappa shape index (κ2) is 10.9. The molecule has 0 aliphatic heterocycles. The maximum Gasteiger partial charge on any atom is 0.0541 e. The van der Waals surface area contributed by atoms with Crippen molar-refractivity contribution < 1.29 is 0 Å². The number of aromatic nitrogens is 2. The number of fused-ring (bicyclic) bond motifs is 6. The van der Waals surface area contributed by atoms with E-state index in [-0.39, 0.29) is 5.41 Å². The van der Waals surface area contributed by atoms with Crippen molar-refractivity contribution in [2.24, 2.45) is 0 Å². The minimum atomic E-state index is 0.0623. The predicted octanol–water partition coefficient (Wildman–Crippen LogP) is 12.5. The minimum absolute atomic E-state index is 0.0623. The molecular weight excluding hydrogens is 581 g/mol. The highest BCUT2D eigenvalue weighted by Gasteiger charge is 2.19. The standard InChI is InChI=1S/C46H36N2/c1-46(2,3)35-23-26-45-41(30-35)40-29-34(22-25-44(40)47(45)36-16-8-5-9-17-36)33-21-24-43-39(28-33)38-19-10-11-20-42(38)48(43)37-18-12-15-32(27-37)31-13-6-4-7-14-31/h4-30H,1-3H3. The molecule has 9 aromatic rings. The summed E-state index contributed by atoms with van der Waals surface area (Å²) in [6.45, 7) is 6.87. The van der Waals surface area contributed by atoms with Crippen LogP contribution in [0, 0.1) is 0 Å². The number of nitrogens with zero attached hydrogens (tertiary/aromatic N) is 2. The third-order valence-corrected chi connectivity index (χ3v) is 9.86. The number of para-hydroxylation sites is 2. The van der Waals surface area contributed by atoms with Gasteiger partial charge in [-0.3, -0.25) is 0 Å². The zero-order valence-electron chi connectivity index (χ0n) is 27.5. The number of benzene rings is 7. The monoisotopic (exact) mass is 616 g/mol. The Kier molecular flexibility index (Phi) is 6.42. The van der Waals surface area contributed by atoms with Gasteiger partial charge in [-0.1, -0.05) is 118 Å². The summed E-state index contributed by atoms with van der Waals surface area (Å²) < 4.78 is 4.81. The van der Waals surface area contributed by atoms with Gasteiger partial charge in [0.15, 0.2) is 0 Å². The van der Waals surface area contributed by atoms with Crippen LogP contribution in [-0.2, 0) is 5.41 Å². The van der Waals surface area contributed by atoms with E-state index in [4.69, 9.17) is 0 Å². The number of hydrogen-bond donors (Lipinski definition) is 0. The first kappa shape index (κ1) is 28.4. The summed E-state index contributed by atoms with van der Waals surface area (Å²) in [7, 11) is 0. The molecule has 0 unspecified atom stereocenters. The molecule has 0 N–H and O–H groups in total. The molecule has 7 aromatic carbocycles. The van der Waals surface area contributed by atoms with Crippen molar-refractivity contribution in [2.75, 3.05) is 0 Å². The first-order valence-corrected chi connectivity index (χ1v) is 16.8. The summed E-state index contributed by atoms with van der Waals surface area (Å²) in [6, 6.07) is 60.0. The summed E-state index contributed by atoms with van der Waals surface area (Å²) >= 11 is 0. The lowest BCUT2D eigenvalue weighted by Crippen LogP contribution is -2.10. The molecule has 2 heteroatoms. The molecule has 0 aliphatic carbocycles. The van der Waals surface area contributed by atoms with Crippen LogP contribution in [0.3, 0.4) is 0 Å². The van der Waals surface area contributed by atoms with E-state index in [9.17, 15) is 0 Å². The molecule has 0 bridgehead atoms. The highest BCUT2D eigenvalue weighted by atomic mass is 15.0. The Hall–Kier alpha value is -5.86. The fraction of sp³-hybridized carbons (Fsp3) is 0.0870. The van der Waals surface area contributed by atoms with Crippen molar-refractivity contribution in [3.05, 3.63) is 169 Å². The zero-order chi connectivity index (χ0) is 32.4. The summed E-state index contributed by atoms with van der Waals surface area (Å²) in [5, 5.41) is 5.09. The van der Waals surface area contributed by atoms with E-state index < -0.39 is 0 Å². The van der Waals surface area contributed by atoms with E-state index in [1.807, 2.05) is 0 Å². The van der Waals surface area contributed by atoms with Gasteiger partial charge in [0.2, 0.25) is 0 Å². The molecule has 0 aliphatic rings. The molecule has 2 heterocycles. The molecule has 2 aromatic heterocycles. The average Bonchev–Trinajstić information content (AvgIpc) is 3.64. The van der Waals surface area contributed by atoms with Gasteiger partial charge >= 0.3 is 0 Å². The molecule has 2 nitrogen and oxygen atoms in total. The molecule has 230 valence electrons. The van der Waals surface area contributed by atoms with Crippen molar-refractivity contribution in [1.29, 1.82) is 0 Å². The van der Waals surface area contributed by atoms with Gasteiger partial charge in [0.1, 0.15) is 0 Å². The van der Waals surface area contributed by atoms with Crippen LogP contribution in [0.5, 0.6) is 0 Å². The Morgan fingerprint density at radius 2 is 0.812 bits per heavy atom. The number of hydrogen-bond acceptors (Lipinski definition) is 0. The fourth-order valence-corrected chi connectivity index (χ4v) is 7.41. The van der Waals surface area contributed by atoms with Gasteiger partial charge in [-0.25, -0.2) is 0 Å². The molecule has 0 atom stereocenters. The van der Waals surface area contributed by atoms with Gasteiger partial charge in [0, 0.05) is 32.9 Å². The third kappa shape index (κ3) is 4.56. The minimum Gasteiger partial charge on any atom is -0.309 e. The predicted molar refractivity (Wildman–Crippen MR) is 205 cm³/mol. The molecule has 0 saturated carbocycles. The normalized spacial score (nSPS) is 12.1. The van der Waals surface area contributed by atoms with Crippen LogP contribution in [0.25, 0.3) is 77.2 Å². The van der Waals surface area contributed by atoms with E-state index in [0.29, 0.717) is 0 Å². The Balaban J connectivity index is 1.24. The van der Waals surface area contributed by atoms with Crippen molar-refractivity contribution in [3.63, 3.8) is 0 Å². The van der Waals surface area contributed by atoms with Crippen LogP contribution in [0.15, 0.2) is 164 Å². The van der Waals surface area contributed by atoms with Gasteiger partial charge in [0.25, 0.3) is 0 Å². The average molecular weight is 617 g/mol.